The summed E-state index contributed by atoms with van der Waals surface area (Å²) in [5, 5.41) is 14.6. The Balaban J connectivity index is 1.94. The molecule has 0 fully saturated rings. The van der Waals surface area contributed by atoms with E-state index >= 15 is 0 Å². The standard InChI is InChI=1S/C18H20N2O5S/c1-12(21)19-8-4-9-20-17(22)14-5-2-3-6-16(14)26-11-15-13(18(23)24)7-10-25-15/h2-3,5-7,10H,4,8-9,11H2,1H3,(H,19,21)(H,20,22)(H,23,24). The van der Waals surface area contributed by atoms with E-state index in [1.165, 1.54) is 31.0 Å². The van der Waals surface area contributed by atoms with Gasteiger partial charge in [-0.05, 0) is 24.6 Å². The highest BCUT2D eigenvalue weighted by Gasteiger charge is 2.16. The van der Waals surface area contributed by atoms with Crippen LogP contribution in [0.25, 0.3) is 0 Å². The number of carbonyl (C=O) groups excluding carboxylic acids is 2. The first-order valence-electron chi connectivity index (χ1n) is 8.03. The molecule has 26 heavy (non-hydrogen) atoms. The van der Waals surface area contributed by atoms with E-state index in [1.54, 1.807) is 18.2 Å². The number of rotatable bonds is 9. The third-order valence-corrected chi connectivity index (χ3v) is 4.55. The van der Waals surface area contributed by atoms with E-state index in [2.05, 4.69) is 10.6 Å². The van der Waals surface area contributed by atoms with Crippen molar-refractivity contribution < 1.29 is 23.9 Å². The van der Waals surface area contributed by atoms with Crippen LogP contribution in [0, 0.1) is 0 Å². The van der Waals surface area contributed by atoms with Crippen molar-refractivity contribution >= 4 is 29.5 Å². The number of carboxylic acids is 1. The lowest BCUT2D eigenvalue weighted by molar-refractivity contribution is -0.118. The molecule has 0 aliphatic rings. The number of nitrogens with one attached hydrogen (secondary N) is 2. The largest absolute Gasteiger partial charge is 0.478 e. The van der Waals surface area contributed by atoms with Crippen LogP contribution in [0.3, 0.4) is 0 Å². The number of carbonyl (C=O) groups is 3. The Morgan fingerprint density at radius 1 is 1.08 bits per heavy atom. The molecule has 0 unspecified atom stereocenters. The van der Waals surface area contributed by atoms with Gasteiger partial charge in [0.05, 0.1) is 17.6 Å². The smallest absolute Gasteiger partial charge is 0.339 e. The minimum absolute atomic E-state index is 0.100. The maximum Gasteiger partial charge on any atom is 0.339 e. The van der Waals surface area contributed by atoms with Gasteiger partial charge < -0.3 is 20.2 Å². The lowest BCUT2D eigenvalue weighted by atomic mass is 10.2. The summed E-state index contributed by atoms with van der Waals surface area (Å²) in [6.45, 7) is 2.39. The fourth-order valence-electron chi connectivity index (χ4n) is 2.22. The van der Waals surface area contributed by atoms with Crippen LogP contribution in [0.4, 0.5) is 0 Å². The molecular weight excluding hydrogens is 356 g/mol. The van der Waals surface area contributed by atoms with Crippen molar-refractivity contribution in [3.63, 3.8) is 0 Å². The monoisotopic (exact) mass is 376 g/mol. The van der Waals surface area contributed by atoms with Crippen LogP contribution in [-0.2, 0) is 10.5 Å². The van der Waals surface area contributed by atoms with Gasteiger partial charge in [0.1, 0.15) is 11.3 Å². The number of thioether (sulfide) groups is 1. The molecule has 3 N–H and O–H groups in total. The quantitative estimate of drug-likeness (QED) is 0.458. The van der Waals surface area contributed by atoms with Gasteiger partial charge in [-0.3, -0.25) is 9.59 Å². The van der Waals surface area contributed by atoms with Gasteiger partial charge in [-0.1, -0.05) is 12.1 Å². The Labute approximate surface area is 155 Å². The van der Waals surface area contributed by atoms with Gasteiger partial charge in [0.25, 0.3) is 5.91 Å². The first-order valence-corrected chi connectivity index (χ1v) is 9.01. The molecule has 0 saturated heterocycles. The van der Waals surface area contributed by atoms with Crippen LogP contribution in [-0.4, -0.2) is 36.0 Å². The number of hydrogen-bond donors (Lipinski definition) is 3. The molecule has 7 nitrogen and oxygen atoms in total. The molecule has 0 atom stereocenters. The van der Waals surface area contributed by atoms with Gasteiger partial charge in [0.15, 0.2) is 0 Å². The lowest BCUT2D eigenvalue weighted by Gasteiger charge is -2.10. The van der Waals surface area contributed by atoms with E-state index in [4.69, 9.17) is 9.52 Å². The second-order valence-corrected chi connectivity index (χ2v) is 6.46. The first kappa shape index (κ1) is 19.6. The van der Waals surface area contributed by atoms with Crippen LogP contribution >= 0.6 is 11.8 Å². The molecule has 2 rings (SSSR count). The molecule has 1 aromatic carbocycles. The maximum absolute atomic E-state index is 12.4. The van der Waals surface area contributed by atoms with Gasteiger partial charge >= 0.3 is 5.97 Å². The van der Waals surface area contributed by atoms with Crippen molar-refractivity contribution in [2.24, 2.45) is 0 Å². The number of furan rings is 1. The van der Waals surface area contributed by atoms with E-state index in [-0.39, 0.29) is 17.4 Å². The summed E-state index contributed by atoms with van der Waals surface area (Å²) in [7, 11) is 0. The number of benzene rings is 1. The molecule has 1 aromatic heterocycles. The van der Waals surface area contributed by atoms with E-state index in [9.17, 15) is 14.4 Å². The van der Waals surface area contributed by atoms with Crippen molar-refractivity contribution in [1.29, 1.82) is 0 Å². The number of hydrogen-bond acceptors (Lipinski definition) is 5. The van der Waals surface area contributed by atoms with Gasteiger partial charge in [0, 0.05) is 24.9 Å². The van der Waals surface area contributed by atoms with E-state index in [1.807, 2.05) is 6.07 Å². The molecule has 2 amide bonds. The average molecular weight is 376 g/mol. The highest BCUT2D eigenvalue weighted by atomic mass is 32.2. The summed E-state index contributed by atoms with van der Waals surface area (Å²) in [6.07, 6.45) is 1.97. The molecule has 0 bridgehead atoms. The SMILES string of the molecule is CC(=O)NCCCNC(=O)c1ccccc1SCc1occc1C(=O)O. The Morgan fingerprint density at radius 3 is 2.54 bits per heavy atom. The van der Waals surface area contributed by atoms with Gasteiger partial charge in [-0.2, -0.15) is 0 Å². The molecule has 0 saturated carbocycles. The zero-order chi connectivity index (χ0) is 18.9. The van der Waals surface area contributed by atoms with Crippen LogP contribution in [0.1, 0.15) is 39.8 Å². The molecule has 0 aliphatic heterocycles. The van der Waals surface area contributed by atoms with E-state index < -0.39 is 5.97 Å². The van der Waals surface area contributed by atoms with E-state index in [0.717, 1.165) is 4.90 Å². The first-order chi connectivity index (χ1) is 12.5. The lowest BCUT2D eigenvalue weighted by Crippen LogP contribution is -2.29. The topological polar surface area (TPSA) is 109 Å². The molecule has 0 aliphatic carbocycles. The Morgan fingerprint density at radius 2 is 1.81 bits per heavy atom. The Hall–Kier alpha value is -2.74. The summed E-state index contributed by atoms with van der Waals surface area (Å²) in [6, 6.07) is 8.51. The number of aromatic carboxylic acids is 1. The molecule has 1 heterocycles. The van der Waals surface area contributed by atoms with Crippen molar-refractivity contribution in [2.45, 2.75) is 24.0 Å². The van der Waals surface area contributed by atoms with Crippen molar-refractivity contribution in [2.75, 3.05) is 13.1 Å². The fourth-order valence-corrected chi connectivity index (χ4v) is 3.22. The van der Waals surface area contributed by atoms with Crippen LogP contribution < -0.4 is 10.6 Å². The number of amides is 2. The van der Waals surface area contributed by atoms with E-state index in [0.29, 0.717) is 36.6 Å². The fraction of sp³-hybridized carbons (Fsp3) is 0.278. The maximum atomic E-state index is 12.4. The third-order valence-electron chi connectivity index (χ3n) is 3.48. The van der Waals surface area contributed by atoms with Crippen molar-refractivity contribution in [1.82, 2.24) is 10.6 Å². The second kappa shape index (κ2) is 9.67. The summed E-state index contributed by atoms with van der Waals surface area (Å²) in [4.78, 5) is 35.0. The second-order valence-electron chi connectivity index (χ2n) is 5.44. The molecular formula is C18H20N2O5S. The van der Waals surface area contributed by atoms with Crippen LogP contribution in [0.15, 0.2) is 45.9 Å². The highest BCUT2D eigenvalue weighted by Crippen LogP contribution is 2.28. The van der Waals surface area contributed by atoms with Gasteiger partial charge in [-0.25, -0.2) is 4.79 Å². The van der Waals surface area contributed by atoms with Gasteiger partial charge in [0.2, 0.25) is 5.91 Å². The van der Waals surface area contributed by atoms with Crippen molar-refractivity contribution in [3.8, 4) is 0 Å². The zero-order valence-electron chi connectivity index (χ0n) is 14.3. The third kappa shape index (κ3) is 5.66. The molecule has 0 radical (unpaired) electrons. The predicted octanol–water partition coefficient (Wildman–Crippen LogP) is 2.53. The molecule has 0 spiro atoms. The zero-order valence-corrected chi connectivity index (χ0v) is 15.1. The summed E-state index contributed by atoms with van der Waals surface area (Å²) >= 11 is 1.34. The Bertz CT molecular complexity index is 787. The highest BCUT2D eigenvalue weighted by molar-refractivity contribution is 7.98. The normalized spacial score (nSPS) is 10.3. The van der Waals surface area contributed by atoms with Crippen molar-refractivity contribution in [3.05, 3.63) is 53.5 Å². The predicted molar refractivity (Wildman–Crippen MR) is 97.3 cm³/mol. The summed E-state index contributed by atoms with van der Waals surface area (Å²) < 4.78 is 5.22. The van der Waals surface area contributed by atoms with Crippen LogP contribution in [0.5, 0.6) is 0 Å². The minimum Gasteiger partial charge on any atom is -0.478 e. The number of carboxylic acid groups (broad SMARTS) is 1. The van der Waals surface area contributed by atoms with Crippen LogP contribution in [0.2, 0.25) is 0 Å². The average Bonchev–Trinajstić information content (AvgIpc) is 3.08. The summed E-state index contributed by atoms with van der Waals surface area (Å²) in [5.41, 5.74) is 0.637. The van der Waals surface area contributed by atoms with Gasteiger partial charge in [-0.15, -0.1) is 11.8 Å². The molecule has 138 valence electrons. The molecule has 2 aromatic rings. The molecule has 8 heteroatoms. The summed E-state index contributed by atoms with van der Waals surface area (Å²) in [5.74, 6) is -0.695. The minimum atomic E-state index is -1.04. The Kier molecular flexibility index (Phi) is 7.28.